The average Bonchev–Trinajstić information content (AvgIpc) is 2.21. The summed E-state index contributed by atoms with van der Waals surface area (Å²) in [5, 5.41) is 0. The Morgan fingerprint density at radius 1 is 1.17 bits per heavy atom. The van der Waals surface area contributed by atoms with Gasteiger partial charge in [0.05, 0.1) is 0 Å². The number of aliphatic imine (C=N–C) groups is 1. The van der Waals surface area contributed by atoms with E-state index in [2.05, 4.69) is 30.3 Å². The maximum atomic E-state index is 4.08. The van der Waals surface area contributed by atoms with Gasteiger partial charge in [0, 0.05) is 12.8 Å². The van der Waals surface area contributed by atoms with E-state index >= 15 is 0 Å². The number of hydrogen-bond acceptors (Lipinski definition) is 1. The van der Waals surface area contributed by atoms with Crippen LogP contribution in [0, 0.1) is 0 Å². The number of rotatable bonds is 1. The minimum atomic E-state index is 1.08. The monoisotopic (exact) mass is 161 g/mol. The summed E-state index contributed by atoms with van der Waals surface area (Å²) in [6.07, 6.45) is 0. The molecule has 1 rings (SSSR count). The third-order valence-electron chi connectivity index (χ3n) is 1.53. The van der Waals surface area contributed by atoms with Crippen LogP contribution in [-0.2, 0) is 0 Å². The lowest BCUT2D eigenvalue weighted by Crippen LogP contribution is -1.91. The zero-order chi connectivity index (χ0) is 9.40. The smallest absolute Gasteiger partial charge is 0.0386 e. The van der Waals surface area contributed by atoms with Crippen molar-refractivity contribution in [3.8, 4) is 0 Å². The van der Waals surface area contributed by atoms with Crippen molar-refractivity contribution in [2.45, 2.75) is 6.92 Å². The van der Waals surface area contributed by atoms with Gasteiger partial charge in [-0.25, -0.2) is 0 Å². The Morgan fingerprint density at radius 2 is 1.67 bits per heavy atom. The van der Waals surface area contributed by atoms with Gasteiger partial charge in [0.2, 0.25) is 0 Å². The van der Waals surface area contributed by atoms with Crippen LogP contribution < -0.4 is 0 Å². The summed E-state index contributed by atoms with van der Waals surface area (Å²) in [5.74, 6) is 0. The first-order valence-corrected chi connectivity index (χ1v) is 3.83. The molecule has 0 atom stereocenters. The topological polar surface area (TPSA) is 12.4 Å². The Labute approximate surface area is 74.5 Å². The summed E-state index contributed by atoms with van der Waals surface area (Å²) in [5.41, 5.74) is 2.28. The molecule has 1 heteroatoms. The molecule has 1 nitrogen and oxygen atoms in total. The van der Waals surface area contributed by atoms with Crippen LogP contribution >= 0.6 is 0 Å². The molecule has 0 fully saturated rings. The summed E-state index contributed by atoms with van der Waals surface area (Å²) in [4.78, 5) is 4.08. The molecule has 0 aliphatic heterocycles. The third kappa shape index (κ3) is 3.15. The highest BCUT2D eigenvalue weighted by Gasteiger charge is 1.90. The molecule has 0 spiro atoms. The highest BCUT2D eigenvalue weighted by atomic mass is 14.7. The maximum absolute atomic E-state index is 4.08. The molecule has 12 heavy (non-hydrogen) atoms. The molecule has 1 aromatic carbocycles. The van der Waals surface area contributed by atoms with Gasteiger partial charge in [0.25, 0.3) is 0 Å². The van der Waals surface area contributed by atoms with Gasteiger partial charge in [-0.1, -0.05) is 30.3 Å². The molecule has 1 aromatic rings. The van der Waals surface area contributed by atoms with Gasteiger partial charge in [0.1, 0.15) is 0 Å². The van der Waals surface area contributed by atoms with Crippen molar-refractivity contribution in [2.75, 3.05) is 7.05 Å². The van der Waals surface area contributed by atoms with Crippen LogP contribution in [0.2, 0.25) is 0 Å². The van der Waals surface area contributed by atoms with Crippen molar-refractivity contribution in [3.05, 3.63) is 49.1 Å². The van der Waals surface area contributed by atoms with Crippen LogP contribution in [0.4, 0.5) is 0 Å². The molecule has 0 saturated carbocycles. The molecular weight excluding hydrogens is 146 g/mol. The predicted octanol–water partition coefficient (Wildman–Crippen LogP) is 2.93. The van der Waals surface area contributed by atoms with Gasteiger partial charge in [-0.2, -0.15) is 0 Å². The van der Waals surface area contributed by atoms with Crippen molar-refractivity contribution >= 4 is 5.71 Å². The largest absolute Gasteiger partial charge is 0.293 e. The quantitative estimate of drug-likeness (QED) is 0.443. The molecule has 0 aliphatic carbocycles. The molecule has 0 N–H and O–H groups in total. The average molecular weight is 161 g/mol. The molecule has 0 aliphatic rings. The summed E-state index contributed by atoms with van der Waals surface area (Å²) in [6, 6.07) is 10.2. The minimum Gasteiger partial charge on any atom is -0.293 e. The van der Waals surface area contributed by atoms with E-state index in [-0.39, 0.29) is 0 Å². The molecule has 0 amide bonds. The van der Waals surface area contributed by atoms with Gasteiger partial charge in [0.15, 0.2) is 0 Å². The van der Waals surface area contributed by atoms with Gasteiger partial charge < -0.3 is 0 Å². The Hall–Kier alpha value is -1.37. The Balaban J connectivity index is 0.000000561. The molecule has 0 aromatic heterocycles. The van der Waals surface area contributed by atoms with Gasteiger partial charge in [-0.05, 0) is 12.5 Å². The second-order valence-electron chi connectivity index (χ2n) is 2.18. The zero-order valence-corrected chi connectivity index (χ0v) is 7.75. The van der Waals surface area contributed by atoms with E-state index in [1.807, 2.05) is 32.2 Å². The lowest BCUT2D eigenvalue weighted by atomic mass is 10.1. The van der Waals surface area contributed by atoms with E-state index in [0.717, 1.165) is 5.71 Å². The van der Waals surface area contributed by atoms with Crippen LogP contribution in [0.15, 0.2) is 48.5 Å². The van der Waals surface area contributed by atoms with E-state index < -0.39 is 0 Å². The van der Waals surface area contributed by atoms with Crippen LogP contribution in [0.3, 0.4) is 0 Å². The Kier molecular flexibility index (Phi) is 5.62. The first-order valence-electron chi connectivity index (χ1n) is 3.83. The van der Waals surface area contributed by atoms with Crippen molar-refractivity contribution in [1.29, 1.82) is 0 Å². The predicted molar refractivity (Wildman–Crippen MR) is 55.8 cm³/mol. The summed E-state index contributed by atoms with van der Waals surface area (Å²) < 4.78 is 0. The van der Waals surface area contributed by atoms with Crippen LogP contribution in [0.1, 0.15) is 12.5 Å². The second kappa shape index (κ2) is 6.35. The fourth-order valence-corrected chi connectivity index (χ4v) is 0.808. The highest BCUT2D eigenvalue weighted by molar-refractivity contribution is 5.98. The molecule has 64 valence electrons. The Bertz CT molecular complexity index is 236. The first-order chi connectivity index (χ1) is 5.84. The Morgan fingerprint density at radius 3 is 2.08 bits per heavy atom. The molecule has 0 bridgehead atoms. The second-order valence-corrected chi connectivity index (χ2v) is 2.18. The summed E-state index contributed by atoms with van der Waals surface area (Å²) in [7, 11) is 1.81. The fraction of sp³-hybridized carbons (Fsp3) is 0.182. The maximum Gasteiger partial charge on any atom is 0.0386 e. The lowest BCUT2D eigenvalue weighted by molar-refractivity contribution is 1.41. The molecule has 0 heterocycles. The SMILES string of the molecule is C=C.CN=C(C)c1ccccc1. The van der Waals surface area contributed by atoms with Crippen LogP contribution in [0.25, 0.3) is 0 Å². The van der Waals surface area contributed by atoms with E-state index in [9.17, 15) is 0 Å². The van der Waals surface area contributed by atoms with Crippen molar-refractivity contribution in [2.24, 2.45) is 4.99 Å². The van der Waals surface area contributed by atoms with Gasteiger partial charge in [-0.3, -0.25) is 4.99 Å². The lowest BCUT2D eigenvalue weighted by Gasteiger charge is -1.95. The standard InChI is InChI=1S/C9H11N.C2H4/c1-8(10-2)9-6-4-3-5-7-9;1-2/h3-7H,1-2H3;1-2H2. The van der Waals surface area contributed by atoms with Crippen molar-refractivity contribution in [3.63, 3.8) is 0 Å². The van der Waals surface area contributed by atoms with Gasteiger partial charge >= 0.3 is 0 Å². The molecule has 0 radical (unpaired) electrons. The summed E-state index contributed by atoms with van der Waals surface area (Å²) >= 11 is 0. The van der Waals surface area contributed by atoms with E-state index in [1.54, 1.807) is 0 Å². The minimum absolute atomic E-state index is 1.08. The normalized spacial score (nSPS) is 10.0. The first kappa shape index (κ1) is 10.6. The van der Waals surface area contributed by atoms with E-state index in [0.29, 0.717) is 0 Å². The summed E-state index contributed by atoms with van der Waals surface area (Å²) in [6.45, 7) is 8.01. The molecular formula is C11H15N. The zero-order valence-electron chi connectivity index (χ0n) is 7.75. The van der Waals surface area contributed by atoms with Crippen LogP contribution in [-0.4, -0.2) is 12.8 Å². The number of benzene rings is 1. The highest BCUT2D eigenvalue weighted by Crippen LogP contribution is 1.99. The molecule has 0 unspecified atom stereocenters. The molecule has 0 saturated heterocycles. The van der Waals surface area contributed by atoms with Crippen LogP contribution in [0.5, 0.6) is 0 Å². The third-order valence-corrected chi connectivity index (χ3v) is 1.53. The van der Waals surface area contributed by atoms with E-state index in [1.165, 1.54) is 5.56 Å². The van der Waals surface area contributed by atoms with Crippen molar-refractivity contribution < 1.29 is 0 Å². The number of hydrogen-bond donors (Lipinski definition) is 0. The number of nitrogens with zero attached hydrogens (tertiary/aromatic N) is 1. The van der Waals surface area contributed by atoms with Crippen molar-refractivity contribution in [1.82, 2.24) is 0 Å². The van der Waals surface area contributed by atoms with Gasteiger partial charge in [-0.15, -0.1) is 13.2 Å². The van der Waals surface area contributed by atoms with E-state index in [4.69, 9.17) is 0 Å². The fourth-order valence-electron chi connectivity index (χ4n) is 0.808.